The minimum absolute atomic E-state index is 0.0213. The predicted octanol–water partition coefficient (Wildman–Crippen LogP) is 4.99. The molecular weight excluding hydrogens is 344 g/mol. The third-order valence-corrected chi connectivity index (χ3v) is 5.13. The van der Waals surface area contributed by atoms with Crippen molar-refractivity contribution in [1.29, 1.82) is 0 Å². The summed E-state index contributed by atoms with van der Waals surface area (Å²) in [5, 5.41) is 3.36. The topological polar surface area (TPSA) is 12.0 Å². The van der Waals surface area contributed by atoms with Gasteiger partial charge >= 0.3 is 0 Å². The van der Waals surface area contributed by atoms with E-state index in [1.165, 1.54) is 17.0 Å². The minimum atomic E-state index is -0.542. The summed E-state index contributed by atoms with van der Waals surface area (Å²) >= 11 is 5.23. The molecule has 0 radical (unpaired) electrons. The van der Waals surface area contributed by atoms with Crippen LogP contribution in [0.1, 0.15) is 28.3 Å². The molecule has 1 unspecified atom stereocenters. The third kappa shape index (κ3) is 3.65. The first-order valence-electron chi connectivity index (χ1n) is 6.44. The second-order valence-corrected chi connectivity index (χ2v) is 6.76. The number of benzene rings is 1. The van der Waals surface area contributed by atoms with Crippen LogP contribution in [0.3, 0.4) is 0 Å². The first-order valence-corrected chi connectivity index (χ1v) is 8.05. The summed E-state index contributed by atoms with van der Waals surface area (Å²) in [7, 11) is 0. The Bertz CT molecular complexity index is 598. The SMILES string of the molecule is CCNC(Cc1ccc(F)cc1F)c1sc(C)cc1Br. The average Bonchev–Trinajstić information content (AvgIpc) is 2.71. The van der Waals surface area contributed by atoms with Crippen molar-refractivity contribution in [2.75, 3.05) is 6.54 Å². The van der Waals surface area contributed by atoms with Crippen LogP contribution in [0.15, 0.2) is 28.7 Å². The van der Waals surface area contributed by atoms with Crippen LogP contribution < -0.4 is 5.32 Å². The smallest absolute Gasteiger partial charge is 0.129 e. The number of thiophene rings is 1. The van der Waals surface area contributed by atoms with Crippen LogP contribution in [0.4, 0.5) is 8.78 Å². The highest BCUT2D eigenvalue weighted by molar-refractivity contribution is 9.10. The van der Waals surface area contributed by atoms with Crippen molar-refractivity contribution >= 4 is 27.3 Å². The molecule has 0 aliphatic heterocycles. The predicted molar refractivity (Wildman–Crippen MR) is 83.2 cm³/mol. The molecule has 108 valence electrons. The fourth-order valence-electron chi connectivity index (χ4n) is 2.15. The van der Waals surface area contributed by atoms with E-state index < -0.39 is 11.6 Å². The van der Waals surface area contributed by atoms with E-state index in [1.807, 2.05) is 13.8 Å². The summed E-state index contributed by atoms with van der Waals surface area (Å²) in [5.74, 6) is -1.03. The van der Waals surface area contributed by atoms with Gasteiger partial charge in [-0.05, 0) is 53.5 Å². The van der Waals surface area contributed by atoms with Gasteiger partial charge in [0.1, 0.15) is 11.6 Å². The summed E-state index contributed by atoms with van der Waals surface area (Å²) in [6.45, 7) is 4.85. The Morgan fingerprint density at radius 3 is 2.60 bits per heavy atom. The second kappa shape index (κ2) is 6.78. The molecular formula is C15H16BrF2NS. The van der Waals surface area contributed by atoms with Crippen LogP contribution in [0.25, 0.3) is 0 Å². The summed E-state index contributed by atoms with van der Waals surface area (Å²) in [4.78, 5) is 2.35. The Hall–Kier alpha value is -0.780. The molecule has 0 saturated carbocycles. The monoisotopic (exact) mass is 359 g/mol. The van der Waals surface area contributed by atoms with Gasteiger partial charge in [-0.1, -0.05) is 13.0 Å². The van der Waals surface area contributed by atoms with Crippen LogP contribution in [-0.4, -0.2) is 6.54 Å². The molecule has 5 heteroatoms. The number of hydrogen-bond donors (Lipinski definition) is 1. The number of hydrogen-bond acceptors (Lipinski definition) is 2. The van der Waals surface area contributed by atoms with E-state index in [9.17, 15) is 8.78 Å². The molecule has 0 bridgehead atoms. The van der Waals surface area contributed by atoms with Gasteiger partial charge in [-0.15, -0.1) is 11.3 Å². The normalized spacial score (nSPS) is 12.7. The highest BCUT2D eigenvalue weighted by Crippen LogP contribution is 2.34. The van der Waals surface area contributed by atoms with Crippen molar-refractivity contribution in [3.05, 3.63) is 55.7 Å². The van der Waals surface area contributed by atoms with Gasteiger partial charge in [-0.25, -0.2) is 8.78 Å². The van der Waals surface area contributed by atoms with Crippen LogP contribution in [-0.2, 0) is 6.42 Å². The Morgan fingerprint density at radius 1 is 1.30 bits per heavy atom. The minimum Gasteiger partial charge on any atom is -0.309 e. The Balaban J connectivity index is 2.27. The molecule has 0 fully saturated rings. The second-order valence-electron chi connectivity index (χ2n) is 4.62. The zero-order valence-corrected chi connectivity index (χ0v) is 13.7. The van der Waals surface area contributed by atoms with Crippen molar-refractivity contribution in [3.8, 4) is 0 Å². The lowest BCUT2D eigenvalue weighted by atomic mass is 10.0. The molecule has 0 spiro atoms. The molecule has 0 saturated heterocycles. The lowest BCUT2D eigenvalue weighted by Crippen LogP contribution is -2.22. The molecule has 2 rings (SSSR count). The first kappa shape index (κ1) is 15.6. The maximum absolute atomic E-state index is 13.8. The van der Waals surface area contributed by atoms with Gasteiger partial charge in [0.05, 0.1) is 0 Å². The maximum Gasteiger partial charge on any atom is 0.129 e. The van der Waals surface area contributed by atoms with E-state index in [0.717, 1.165) is 22.0 Å². The number of nitrogens with one attached hydrogen (secondary N) is 1. The molecule has 20 heavy (non-hydrogen) atoms. The highest BCUT2D eigenvalue weighted by atomic mass is 79.9. The van der Waals surface area contributed by atoms with Crippen molar-refractivity contribution in [1.82, 2.24) is 5.32 Å². The fourth-order valence-corrected chi connectivity index (χ4v) is 4.15. The molecule has 1 N–H and O–H groups in total. The zero-order valence-electron chi connectivity index (χ0n) is 11.3. The third-order valence-electron chi connectivity index (χ3n) is 3.04. The van der Waals surface area contributed by atoms with Crippen molar-refractivity contribution in [3.63, 3.8) is 0 Å². The van der Waals surface area contributed by atoms with E-state index in [0.29, 0.717) is 12.0 Å². The zero-order chi connectivity index (χ0) is 14.7. The molecule has 1 heterocycles. The van der Waals surface area contributed by atoms with E-state index in [1.54, 1.807) is 11.3 Å². The summed E-state index contributed by atoms with van der Waals surface area (Å²) in [6, 6.07) is 5.84. The molecule has 0 aliphatic rings. The number of rotatable bonds is 5. The van der Waals surface area contributed by atoms with Gasteiger partial charge in [0.2, 0.25) is 0 Å². The van der Waals surface area contributed by atoms with E-state index in [4.69, 9.17) is 0 Å². The molecule has 0 amide bonds. The van der Waals surface area contributed by atoms with Crippen LogP contribution in [0, 0.1) is 18.6 Å². The quantitative estimate of drug-likeness (QED) is 0.792. The molecule has 2 aromatic rings. The highest BCUT2D eigenvalue weighted by Gasteiger charge is 2.18. The number of halogens is 3. The van der Waals surface area contributed by atoms with E-state index in [2.05, 4.69) is 27.3 Å². The largest absolute Gasteiger partial charge is 0.309 e. The molecule has 0 aliphatic carbocycles. The summed E-state index contributed by atoms with van der Waals surface area (Å²) in [5.41, 5.74) is 0.523. The fraction of sp³-hybridized carbons (Fsp3) is 0.333. The standard InChI is InChI=1S/C15H16BrF2NS/c1-3-19-14(15-12(16)6-9(2)20-15)7-10-4-5-11(17)8-13(10)18/h4-6,8,14,19H,3,7H2,1-2H3. The first-order chi connectivity index (χ1) is 9.51. The van der Waals surface area contributed by atoms with Crippen LogP contribution in [0.5, 0.6) is 0 Å². The van der Waals surface area contributed by atoms with Gasteiger partial charge in [-0.2, -0.15) is 0 Å². The molecule has 1 nitrogen and oxygen atoms in total. The van der Waals surface area contributed by atoms with Gasteiger partial charge in [0.15, 0.2) is 0 Å². The number of aryl methyl sites for hydroxylation is 1. The molecule has 1 aromatic heterocycles. The van der Waals surface area contributed by atoms with Gasteiger partial charge in [-0.3, -0.25) is 0 Å². The Labute approximate surface area is 130 Å². The maximum atomic E-state index is 13.8. The van der Waals surface area contributed by atoms with E-state index >= 15 is 0 Å². The molecule has 1 atom stereocenters. The van der Waals surface area contributed by atoms with Crippen LogP contribution in [0.2, 0.25) is 0 Å². The Morgan fingerprint density at radius 2 is 2.05 bits per heavy atom. The summed E-state index contributed by atoms with van der Waals surface area (Å²) in [6.07, 6.45) is 0.499. The average molecular weight is 360 g/mol. The van der Waals surface area contributed by atoms with Gasteiger partial charge in [0, 0.05) is 26.3 Å². The summed E-state index contributed by atoms with van der Waals surface area (Å²) < 4.78 is 27.8. The van der Waals surface area contributed by atoms with E-state index in [-0.39, 0.29) is 6.04 Å². The Kier molecular flexibility index (Phi) is 5.29. The van der Waals surface area contributed by atoms with Gasteiger partial charge < -0.3 is 5.32 Å². The number of likely N-dealkylation sites (N-methyl/N-ethyl adjacent to an activating group) is 1. The van der Waals surface area contributed by atoms with Crippen LogP contribution >= 0.6 is 27.3 Å². The van der Waals surface area contributed by atoms with Crippen molar-refractivity contribution < 1.29 is 8.78 Å². The lowest BCUT2D eigenvalue weighted by Gasteiger charge is -2.18. The van der Waals surface area contributed by atoms with Crippen molar-refractivity contribution in [2.45, 2.75) is 26.3 Å². The lowest BCUT2D eigenvalue weighted by molar-refractivity contribution is 0.525. The van der Waals surface area contributed by atoms with Crippen molar-refractivity contribution in [2.24, 2.45) is 0 Å². The van der Waals surface area contributed by atoms with Gasteiger partial charge in [0.25, 0.3) is 0 Å². The molecule has 1 aromatic carbocycles.